The zero-order chi connectivity index (χ0) is 14.5. The number of aliphatic hydroxyl groups is 1. The van der Waals surface area contributed by atoms with E-state index in [-0.39, 0.29) is 18.3 Å². The van der Waals surface area contributed by atoms with Gasteiger partial charge in [-0.15, -0.1) is 11.3 Å². The van der Waals surface area contributed by atoms with E-state index in [2.05, 4.69) is 5.32 Å². The summed E-state index contributed by atoms with van der Waals surface area (Å²) in [5, 5.41) is 13.0. The van der Waals surface area contributed by atoms with Gasteiger partial charge in [0.1, 0.15) is 5.82 Å². The lowest BCUT2D eigenvalue weighted by Crippen LogP contribution is -2.27. The Kier molecular flexibility index (Phi) is 5.05. The number of nitrogens with one attached hydrogen (secondary N) is 1. The minimum Gasteiger partial charge on any atom is -0.391 e. The molecule has 0 fully saturated rings. The highest BCUT2D eigenvalue weighted by Crippen LogP contribution is 2.26. The number of amides is 1. The molecule has 0 aliphatic rings. The van der Waals surface area contributed by atoms with Crippen LogP contribution in [0, 0.1) is 5.82 Å². The van der Waals surface area contributed by atoms with E-state index in [0.717, 1.165) is 10.1 Å². The van der Waals surface area contributed by atoms with E-state index in [9.17, 15) is 14.3 Å². The molecule has 1 atom stereocenters. The number of rotatable bonds is 6. The van der Waals surface area contributed by atoms with Crippen molar-refractivity contribution in [2.45, 2.75) is 12.5 Å². The molecular formula is C14H16FNO3S. The Labute approximate surface area is 120 Å². The van der Waals surface area contributed by atoms with Crippen LogP contribution in [0.4, 0.5) is 4.39 Å². The van der Waals surface area contributed by atoms with E-state index in [1.54, 1.807) is 12.1 Å². The molecule has 2 N–H and O–H groups in total. The topological polar surface area (TPSA) is 58.6 Å². The lowest BCUT2D eigenvalue weighted by Gasteiger charge is -2.09. The van der Waals surface area contributed by atoms with Gasteiger partial charge < -0.3 is 15.2 Å². The molecule has 0 aliphatic heterocycles. The van der Waals surface area contributed by atoms with Crippen molar-refractivity contribution in [2.75, 3.05) is 20.3 Å². The van der Waals surface area contributed by atoms with Crippen LogP contribution >= 0.6 is 11.3 Å². The Morgan fingerprint density at radius 1 is 1.50 bits per heavy atom. The molecule has 0 radical (unpaired) electrons. The van der Waals surface area contributed by atoms with Crippen molar-refractivity contribution in [3.8, 4) is 0 Å². The largest absolute Gasteiger partial charge is 0.391 e. The minimum absolute atomic E-state index is 0.212. The molecule has 1 aromatic heterocycles. The van der Waals surface area contributed by atoms with Gasteiger partial charge >= 0.3 is 0 Å². The summed E-state index contributed by atoms with van der Waals surface area (Å²) in [4.78, 5) is 12.5. The zero-order valence-corrected chi connectivity index (χ0v) is 11.9. The van der Waals surface area contributed by atoms with Crippen LogP contribution in [0.3, 0.4) is 0 Å². The van der Waals surface area contributed by atoms with Crippen LogP contribution in [0.25, 0.3) is 10.1 Å². The van der Waals surface area contributed by atoms with Gasteiger partial charge in [0.2, 0.25) is 0 Å². The van der Waals surface area contributed by atoms with Crippen molar-refractivity contribution < 1.29 is 19.0 Å². The van der Waals surface area contributed by atoms with Crippen LogP contribution in [-0.2, 0) is 4.74 Å². The lowest BCUT2D eigenvalue weighted by molar-refractivity contribution is 0.0588. The van der Waals surface area contributed by atoms with Gasteiger partial charge in [-0.05, 0) is 30.0 Å². The summed E-state index contributed by atoms with van der Waals surface area (Å²) in [5.41, 5.74) is 0. The highest BCUT2D eigenvalue weighted by atomic mass is 32.1. The van der Waals surface area contributed by atoms with Crippen LogP contribution in [0.5, 0.6) is 0 Å². The van der Waals surface area contributed by atoms with Crippen molar-refractivity contribution in [2.24, 2.45) is 0 Å². The summed E-state index contributed by atoms with van der Waals surface area (Å²) in [5.74, 6) is -0.523. The Morgan fingerprint density at radius 3 is 3.05 bits per heavy atom. The van der Waals surface area contributed by atoms with Crippen molar-refractivity contribution in [1.82, 2.24) is 5.32 Å². The van der Waals surface area contributed by atoms with Crippen LogP contribution < -0.4 is 5.32 Å². The highest BCUT2D eigenvalue weighted by molar-refractivity contribution is 7.20. The number of halogens is 1. The van der Waals surface area contributed by atoms with Crippen LogP contribution in [0.1, 0.15) is 16.1 Å². The predicted octanol–water partition coefficient (Wildman–Crippen LogP) is 2.17. The van der Waals surface area contributed by atoms with Crippen molar-refractivity contribution in [1.29, 1.82) is 0 Å². The smallest absolute Gasteiger partial charge is 0.261 e. The fraction of sp³-hybridized carbons (Fsp3) is 0.357. The van der Waals surface area contributed by atoms with Gasteiger partial charge in [-0.3, -0.25) is 4.79 Å². The second kappa shape index (κ2) is 6.78. The standard InChI is InChI=1S/C14H16FNO3S/c1-19-8-11(17)4-5-16-14(18)13-6-9-2-3-10(15)7-12(9)20-13/h2-3,6-7,11,17H,4-5,8H2,1H3,(H,16,18). The monoisotopic (exact) mass is 297 g/mol. The quantitative estimate of drug-likeness (QED) is 0.859. The van der Waals surface area contributed by atoms with Gasteiger partial charge in [-0.2, -0.15) is 0 Å². The van der Waals surface area contributed by atoms with Gasteiger partial charge in [-0.1, -0.05) is 6.07 Å². The van der Waals surface area contributed by atoms with Gasteiger partial charge in [-0.25, -0.2) is 4.39 Å². The number of ether oxygens (including phenoxy) is 1. The molecular weight excluding hydrogens is 281 g/mol. The normalized spacial score (nSPS) is 12.6. The molecule has 0 spiro atoms. The molecule has 2 rings (SSSR count). The highest BCUT2D eigenvalue weighted by Gasteiger charge is 2.11. The predicted molar refractivity (Wildman–Crippen MR) is 76.6 cm³/mol. The summed E-state index contributed by atoms with van der Waals surface area (Å²) in [6.07, 6.45) is -0.157. The summed E-state index contributed by atoms with van der Waals surface area (Å²) < 4.78 is 18.6. The third-order valence-corrected chi connectivity index (χ3v) is 3.92. The molecule has 4 nitrogen and oxygen atoms in total. The van der Waals surface area contributed by atoms with Crippen LogP contribution in [0.2, 0.25) is 0 Å². The first-order valence-electron chi connectivity index (χ1n) is 6.24. The second-order valence-corrected chi connectivity index (χ2v) is 5.53. The minimum atomic E-state index is -0.586. The van der Waals surface area contributed by atoms with E-state index in [4.69, 9.17) is 4.74 Å². The van der Waals surface area contributed by atoms with Crippen molar-refractivity contribution in [3.63, 3.8) is 0 Å². The number of aliphatic hydroxyl groups excluding tert-OH is 1. The Bertz CT molecular complexity index is 599. The Balaban J connectivity index is 1.94. The maximum absolute atomic E-state index is 13.1. The number of benzene rings is 1. The van der Waals surface area contributed by atoms with Gasteiger partial charge in [0, 0.05) is 18.4 Å². The molecule has 1 unspecified atom stereocenters. The molecule has 1 amide bonds. The van der Waals surface area contributed by atoms with Crippen molar-refractivity contribution >= 4 is 27.3 Å². The molecule has 20 heavy (non-hydrogen) atoms. The summed E-state index contributed by atoms with van der Waals surface area (Å²) in [6, 6.07) is 6.18. The molecule has 0 saturated carbocycles. The number of methoxy groups -OCH3 is 1. The molecule has 0 saturated heterocycles. The third kappa shape index (κ3) is 3.75. The lowest BCUT2D eigenvalue weighted by atomic mass is 10.2. The summed E-state index contributed by atoms with van der Waals surface area (Å²) >= 11 is 1.25. The second-order valence-electron chi connectivity index (χ2n) is 4.45. The average Bonchev–Trinajstić information content (AvgIpc) is 2.82. The molecule has 0 bridgehead atoms. The third-order valence-electron chi connectivity index (χ3n) is 2.83. The van der Waals surface area contributed by atoms with Gasteiger partial charge in [0.25, 0.3) is 5.91 Å². The van der Waals surface area contributed by atoms with E-state index in [0.29, 0.717) is 17.8 Å². The molecule has 0 aliphatic carbocycles. The number of thiophene rings is 1. The van der Waals surface area contributed by atoms with Crippen molar-refractivity contribution in [3.05, 3.63) is 35.0 Å². The first kappa shape index (κ1) is 14.9. The Morgan fingerprint density at radius 2 is 2.30 bits per heavy atom. The fourth-order valence-corrected chi connectivity index (χ4v) is 2.84. The van der Waals surface area contributed by atoms with E-state index < -0.39 is 6.10 Å². The van der Waals surface area contributed by atoms with Gasteiger partial charge in [0.05, 0.1) is 17.6 Å². The number of carbonyl (C=O) groups excluding carboxylic acids is 1. The fourth-order valence-electron chi connectivity index (χ4n) is 1.83. The first-order valence-corrected chi connectivity index (χ1v) is 7.06. The Hall–Kier alpha value is -1.50. The molecule has 2 aromatic rings. The maximum atomic E-state index is 13.1. The van der Waals surface area contributed by atoms with Gasteiger partial charge in [0.15, 0.2) is 0 Å². The molecule has 108 valence electrons. The first-order chi connectivity index (χ1) is 9.60. The number of fused-ring (bicyclic) bond motifs is 1. The molecule has 1 aromatic carbocycles. The number of hydrogen-bond donors (Lipinski definition) is 2. The molecule has 1 heterocycles. The zero-order valence-electron chi connectivity index (χ0n) is 11.1. The van der Waals surface area contributed by atoms with E-state index in [1.165, 1.54) is 30.6 Å². The molecule has 6 heteroatoms. The van der Waals surface area contributed by atoms with E-state index >= 15 is 0 Å². The summed E-state index contributed by atoms with van der Waals surface area (Å²) in [6.45, 7) is 0.615. The van der Waals surface area contributed by atoms with Crippen LogP contribution in [0.15, 0.2) is 24.3 Å². The van der Waals surface area contributed by atoms with E-state index in [1.807, 2.05) is 0 Å². The number of hydrogen-bond acceptors (Lipinski definition) is 4. The maximum Gasteiger partial charge on any atom is 0.261 e. The SMILES string of the molecule is COCC(O)CCNC(=O)c1cc2ccc(F)cc2s1. The summed E-state index contributed by atoms with van der Waals surface area (Å²) in [7, 11) is 1.51. The number of carbonyl (C=O) groups is 1. The van der Waals surface area contributed by atoms with Crippen LogP contribution in [-0.4, -0.2) is 37.4 Å². The average molecular weight is 297 g/mol.